The van der Waals surface area contributed by atoms with E-state index in [0.717, 1.165) is 31.4 Å². The van der Waals surface area contributed by atoms with Gasteiger partial charge in [0.15, 0.2) is 8.07 Å². The molecule has 0 bridgehead atoms. The van der Waals surface area contributed by atoms with E-state index in [1.807, 2.05) is 0 Å². The smallest absolute Gasteiger partial charge is 0.182 e. The summed E-state index contributed by atoms with van der Waals surface area (Å²) < 4.78 is 4.94. The van der Waals surface area contributed by atoms with Gasteiger partial charge in [0.1, 0.15) is 0 Å². The summed E-state index contributed by atoms with van der Waals surface area (Å²) in [5.41, 5.74) is 16.6. The van der Waals surface area contributed by atoms with Gasteiger partial charge in [0.2, 0.25) is 0 Å². The zero-order valence-electron chi connectivity index (χ0n) is 37.3. The third-order valence-electron chi connectivity index (χ3n) is 14.5. The zero-order valence-corrected chi connectivity index (χ0v) is 38.3. The van der Waals surface area contributed by atoms with Crippen molar-refractivity contribution in [2.45, 2.75) is 25.7 Å². The van der Waals surface area contributed by atoms with Crippen LogP contribution in [-0.4, -0.2) is 17.2 Å². The molecule has 0 N–H and O–H groups in total. The number of nitrogens with zero attached hydrogens (tertiary/aromatic N) is 2. The van der Waals surface area contributed by atoms with Crippen LogP contribution in [0.2, 0.25) is 0 Å². The summed E-state index contributed by atoms with van der Waals surface area (Å²) in [6, 6.07) is 80.2. The second kappa shape index (κ2) is 16.2. The molecule has 1 atom stereocenters. The molecule has 0 saturated carbocycles. The minimum Gasteiger partial charge on any atom is -0.310 e. The molecule has 0 saturated heterocycles. The Bertz CT molecular complexity index is 3640. The average Bonchev–Trinajstić information content (AvgIpc) is 4.05. The number of rotatable bonds is 8. The van der Waals surface area contributed by atoms with Crippen LogP contribution in [0, 0.1) is 0 Å². The van der Waals surface area contributed by atoms with E-state index in [0.29, 0.717) is 0 Å². The van der Waals surface area contributed by atoms with Gasteiger partial charge < -0.3 is 9.13 Å². The van der Waals surface area contributed by atoms with Gasteiger partial charge in [0.25, 0.3) is 0 Å². The van der Waals surface area contributed by atoms with E-state index in [9.17, 15) is 0 Å². The van der Waals surface area contributed by atoms with Crippen LogP contribution in [0.5, 0.6) is 0 Å². The fraction of sp³-hybridized carbons (Fsp3) is 0.0625. The van der Waals surface area contributed by atoms with Crippen molar-refractivity contribution in [2.75, 3.05) is 0 Å². The lowest BCUT2D eigenvalue weighted by Crippen LogP contribution is -2.59. The monoisotopic (exact) mass is 872 g/mol. The Balaban J connectivity index is 1.15. The molecule has 0 spiro atoms. The number of fused-ring (bicyclic) bond motifs is 6. The summed E-state index contributed by atoms with van der Waals surface area (Å²) >= 11 is 0. The van der Waals surface area contributed by atoms with Crippen molar-refractivity contribution in [3.63, 3.8) is 0 Å². The van der Waals surface area contributed by atoms with Gasteiger partial charge in [-0.15, -0.1) is 0 Å². The summed E-state index contributed by atoms with van der Waals surface area (Å²) in [6.45, 7) is 0. The highest BCUT2D eigenvalue weighted by molar-refractivity contribution is 7.28. The van der Waals surface area contributed by atoms with Crippen LogP contribution in [0.25, 0.3) is 66.1 Å². The molecule has 13 rings (SSSR count). The number of benzene rings is 8. The van der Waals surface area contributed by atoms with Gasteiger partial charge in [-0.25, -0.2) is 0 Å². The fourth-order valence-electron chi connectivity index (χ4n) is 11.8. The Morgan fingerprint density at radius 3 is 1.37 bits per heavy atom. The normalized spacial score (nSPS) is 16.9. The molecule has 10 aromatic rings. The number of para-hydroxylation sites is 3. The maximum atomic E-state index is 2.50. The molecule has 3 heteroatoms. The van der Waals surface area contributed by atoms with Crippen molar-refractivity contribution in [2.24, 2.45) is 0 Å². The van der Waals surface area contributed by atoms with Crippen LogP contribution < -0.4 is 10.4 Å². The van der Waals surface area contributed by atoms with Crippen LogP contribution in [0.3, 0.4) is 0 Å². The first-order valence-electron chi connectivity index (χ1n) is 23.8. The minimum absolute atomic E-state index is 1.01. The Hall–Kier alpha value is -7.98. The van der Waals surface area contributed by atoms with Gasteiger partial charge in [0.05, 0.1) is 16.6 Å². The molecular formula is C64H48N2Si. The predicted octanol–water partition coefficient (Wildman–Crippen LogP) is 14.7. The number of aryl methyl sites for hydroxylation is 1. The standard InChI is InChI=1S/C64H48N2Si/c1-5-21-45(22-6-1)61-62(46-23-7-2-8-24-46)64(48-27-11-4-12-28-48)67(63(61)47-25-9-3-10-26-47,51-41-37-49(38-42-51)65-57-33-17-13-29-53(57)54-30-14-18-34-58(54)65)52-43-39-50(40-44-52)66-59-35-19-15-31-55(59)56-32-16-20-36-60(56)66/h1,3-7,9-15,17-31,33-44H,2,8,16,32H2/t67-/m1/s1. The van der Waals surface area contributed by atoms with E-state index < -0.39 is 8.07 Å². The molecule has 0 radical (unpaired) electrons. The van der Waals surface area contributed by atoms with Crippen molar-refractivity contribution in [1.29, 1.82) is 0 Å². The van der Waals surface area contributed by atoms with Gasteiger partial charge in [-0.2, -0.15) is 0 Å². The van der Waals surface area contributed by atoms with Crippen LogP contribution >= 0.6 is 0 Å². The first kappa shape index (κ1) is 39.4. The first-order chi connectivity index (χ1) is 33.3. The van der Waals surface area contributed by atoms with Gasteiger partial charge in [-0.1, -0.05) is 194 Å². The Morgan fingerprint density at radius 2 is 0.821 bits per heavy atom. The second-order valence-electron chi connectivity index (χ2n) is 18.1. The third kappa shape index (κ3) is 6.15. The molecule has 1 aliphatic heterocycles. The van der Waals surface area contributed by atoms with Crippen molar-refractivity contribution in [3.8, 4) is 11.4 Å². The summed E-state index contributed by atoms with van der Waals surface area (Å²) in [7, 11) is -3.27. The van der Waals surface area contributed by atoms with E-state index in [1.54, 1.807) is 0 Å². The molecule has 0 amide bonds. The SMILES string of the molecule is C1=CC(C2=C(c3ccccc3)[Si@@](c3ccc(-n4c5c(c6ccccc64)CCC=C5)cc3)(c3ccc(-n4c5ccccc5c5ccccc54)cc3)C(c3ccccc3)=C2c2ccccc2)=CCC1. The minimum atomic E-state index is -3.27. The molecule has 3 aliphatic rings. The van der Waals surface area contributed by atoms with Crippen molar-refractivity contribution in [1.82, 2.24) is 9.13 Å². The number of hydrogen-bond donors (Lipinski definition) is 0. The van der Waals surface area contributed by atoms with E-state index in [4.69, 9.17) is 0 Å². The molecular weight excluding hydrogens is 825 g/mol. The number of hydrogen-bond acceptors (Lipinski definition) is 0. The molecule has 67 heavy (non-hydrogen) atoms. The summed E-state index contributed by atoms with van der Waals surface area (Å²) in [5.74, 6) is 0. The van der Waals surface area contributed by atoms with Gasteiger partial charge in [0, 0.05) is 33.2 Å². The Morgan fingerprint density at radius 1 is 0.358 bits per heavy atom. The highest BCUT2D eigenvalue weighted by atomic mass is 28.3. The van der Waals surface area contributed by atoms with Crippen molar-refractivity contribution < 1.29 is 0 Å². The molecule has 0 fully saturated rings. The lowest BCUT2D eigenvalue weighted by molar-refractivity contribution is 0.968. The molecule has 2 nitrogen and oxygen atoms in total. The van der Waals surface area contributed by atoms with Crippen molar-refractivity contribution in [3.05, 3.63) is 276 Å². The highest BCUT2D eigenvalue weighted by Crippen LogP contribution is 2.55. The summed E-state index contributed by atoms with van der Waals surface area (Å²) in [5, 5.41) is 9.48. The lowest BCUT2D eigenvalue weighted by atomic mass is 9.87. The summed E-state index contributed by atoms with van der Waals surface area (Å²) in [4.78, 5) is 0. The van der Waals surface area contributed by atoms with Crippen molar-refractivity contribution >= 4 is 73.2 Å². The molecule has 3 heterocycles. The Labute approximate surface area is 393 Å². The average molecular weight is 873 g/mol. The molecule has 2 aliphatic carbocycles. The third-order valence-corrected chi connectivity index (χ3v) is 19.5. The largest absolute Gasteiger partial charge is 0.310 e. The maximum Gasteiger partial charge on any atom is 0.182 e. The number of aromatic nitrogens is 2. The van der Waals surface area contributed by atoms with Gasteiger partial charge in [-0.05, 0) is 134 Å². The molecule has 318 valence electrons. The van der Waals surface area contributed by atoms with Gasteiger partial charge in [-0.3, -0.25) is 0 Å². The molecule has 8 aromatic carbocycles. The second-order valence-corrected chi connectivity index (χ2v) is 21.8. The Kier molecular flexibility index (Phi) is 9.50. The molecule has 2 aromatic heterocycles. The van der Waals surface area contributed by atoms with E-state index >= 15 is 0 Å². The van der Waals surface area contributed by atoms with E-state index in [1.165, 1.54) is 104 Å². The van der Waals surface area contributed by atoms with Crippen LogP contribution in [0.15, 0.2) is 248 Å². The first-order valence-corrected chi connectivity index (χ1v) is 25.8. The quantitative estimate of drug-likeness (QED) is 0.135. The molecule has 0 unspecified atom stereocenters. The predicted molar refractivity (Wildman–Crippen MR) is 286 cm³/mol. The van der Waals surface area contributed by atoms with Crippen LogP contribution in [0.1, 0.15) is 47.2 Å². The van der Waals surface area contributed by atoms with E-state index in [2.05, 4.69) is 252 Å². The topological polar surface area (TPSA) is 9.86 Å². The number of allylic oxidation sites excluding steroid dienone is 7. The zero-order chi connectivity index (χ0) is 44.3. The van der Waals surface area contributed by atoms with Crippen LogP contribution in [-0.2, 0) is 6.42 Å². The lowest BCUT2D eigenvalue weighted by Gasteiger charge is -2.36. The summed E-state index contributed by atoms with van der Waals surface area (Å²) in [6.07, 6.45) is 16.2. The van der Waals surface area contributed by atoms with E-state index in [-0.39, 0.29) is 0 Å². The van der Waals surface area contributed by atoms with Gasteiger partial charge >= 0.3 is 0 Å². The maximum absolute atomic E-state index is 3.27. The highest BCUT2D eigenvalue weighted by Gasteiger charge is 2.53. The van der Waals surface area contributed by atoms with Crippen LogP contribution in [0.4, 0.5) is 0 Å². The fourth-order valence-corrected chi connectivity index (χ4v) is 17.4.